The van der Waals surface area contributed by atoms with E-state index in [1.165, 1.54) is 0 Å². The summed E-state index contributed by atoms with van der Waals surface area (Å²) in [6.45, 7) is -0.229. The first kappa shape index (κ1) is 8.61. The van der Waals surface area contributed by atoms with Crippen LogP contribution in [0.3, 0.4) is 0 Å². The molecule has 0 aliphatic carbocycles. The van der Waals surface area contributed by atoms with Crippen molar-refractivity contribution in [1.29, 1.82) is 0 Å². The number of nitrogens with two attached hydrogens (primary N) is 2. The monoisotopic (exact) mass is 148 g/mol. The highest BCUT2D eigenvalue weighted by molar-refractivity contribution is 8.26. The molecule has 0 unspecified atom stereocenters. The van der Waals surface area contributed by atoms with E-state index in [-0.39, 0.29) is 23.3 Å². The molecule has 0 saturated carbocycles. The SMILES string of the molecule is NCC(=O)SC(=O)CN. The van der Waals surface area contributed by atoms with E-state index in [4.69, 9.17) is 11.5 Å². The van der Waals surface area contributed by atoms with Gasteiger partial charge < -0.3 is 11.5 Å². The van der Waals surface area contributed by atoms with Crippen molar-refractivity contribution in [3.8, 4) is 0 Å². The highest BCUT2D eigenvalue weighted by atomic mass is 32.2. The van der Waals surface area contributed by atoms with Gasteiger partial charge in [0.25, 0.3) is 0 Å². The first-order valence-corrected chi connectivity index (χ1v) is 3.16. The quantitative estimate of drug-likeness (QED) is 0.507. The lowest BCUT2D eigenvalue weighted by Crippen LogP contribution is -2.16. The van der Waals surface area contributed by atoms with Gasteiger partial charge in [-0.1, -0.05) is 0 Å². The molecular weight excluding hydrogens is 140 g/mol. The highest BCUT2D eigenvalue weighted by Crippen LogP contribution is 1.99. The Morgan fingerprint density at radius 3 is 1.67 bits per heavy atom. The third-order valence-corrected chi connectivity index (χ3v) is 1.35. The molecule has 0 heterocycles. The predicted molar refractivity (Wildman–Crippen MR) is 35.7 cm³/mol. The van der Waals surface area contributed by atoms with Crippen LogP contribution in [0.1, 0.15) is 0 Å². The predicted octanol–water partition coefficient (Wildman–Crippen LogP) is -1.31. The van der Waals surface area contributed by atoms with Crippen LogP contribution in [-0.4, -0.2) is 23.3 Å². The van der Waals surface area contributed by atoms with E-state index >= 15 is 0 Å². The van der Waals surface area contributed by atoms with E-state index in [9.17, 15) is 9.59 Å². The number of carbonyl (C=O) groups is 2. The molecular formula is C4H8N2O2S. The lowest BCUT2D eigenvalue weighted by molar-refractivity contribution is -0.111. The second kappa shape index (κ2) is 4.49. The van der Waals surface area contributed by atoms with Gasteiger partial charge in [-0.2, -0.15) is 0 Å². The molecule has 0 aromatic rings. The molecule has 0 spiro atoms. The number of hydrogen-bond donors (Lipinski definition) is 2. The average Bonchev–Trinajstić information content (AvgIpc) is 1.87. The van der Waals surface area contributed by atoms with Crippen LogP contribution in [0.2, 0.25) is 0 Å². The molecule has 0 aromatic heterocycles. The zero-order valence-electron chi connectivity index (χ0n) is 4.79. The van der Waals surface area contributed by atoms with Gasteiger partial charge in [0.05, 0.1) is 13.1 Å². The molecule has 0 radical (unpaired) electrons. The number of carbonyl (C=O) groups excluding carboxylic acids is 2. The number of thioether (sulfide) groups is 1. The fourth-order valence-electron chi connectivity index (χ4n) is 0.210. The summed E-state index contributed by atoms with van der Waals surface area (Å²) in [5, 5.41) is -0.684. The summed E-state index contributed by atoms with van der Waals surface area (Å²) in [6, 6.07) is 0. The van der Waals surface area contributed by atoms with Crippen molar-refractivity contribution >= 4 is 22.0 Å². The molecule has 0 aromatic carbocycles. The zero-order valence-corrected chi connectivity index (χ0v) is 5.61. The maximum absolute atomic E-state index is 10.3. The third-order valence-electron chi connectivity index (χ3n) is 0.561. The van der Waals surface area contributed by atoms with Gasteiger partial charge in [-0.05, 0) is 11.8 Å². The fraction of sp³-hybridized carbons (Fsp3) is 0.500. The Labute approximate surface area is 57.0 Å². The molecule has 0 atom stereocenters. The van der Waals surface area contributed by atoms with Gasteiger partial charge in [-0.15, -0.1) is 0 Å². The van der Waals surface area contributed by atoms with Gasteiger partial charge >= 0.3 is 0 Å². The number of hydrogen-bond acceptors (Lipinski definition) is 5. The standard InChI is InChI=1S/C4H8N2O2S/c5-1-3(7)9-4(8)2-6/h1-2,5-6H2. The summed E-state index contributed by atoms with van der Waals surface area (Å²) in [5.41, 5.74) is 9.82. The second-order valence-corrected chi connectivity index (χ2v) is 2.37. The van der Waals surface area contributed by atoms with Crippen molar-refractivity contribution in [2.45, 2.75) is 0 Å². The highest BCUT2D eigenvalue weighted by Gasteiger charge is 2.05. The molecule has 52 valence electrons. The fourth-order valence-corrected chi connectivity index (χ4v) is 0.631. The normalized spacial score (nSPS) is 9.11. The Morgan fingerprint density at radius 1 is 1.11 bits per heavy atom. The van der Waals surface area contributed by atoms with Crippen molar-refractivity contribution in [3.05, 3.63) is 0 Å². The molecule has 0 rings (SSSR count). The molecule has 4 nitrogen and oxygen atoms in total. The summed E-state index contributed by atoms with van der Waals surface area (Å²) in [6.07, 6.45) is 0. The van der Waals surface area contributed by atoms with E-state index in [1.807, 2.05) is 0 Å². The first-order chi connectivity index (χ1) is 4.20. The maximum Gasteiger partial charge on any atom is 0.210 e. The Hall–Kier alpha value is -0.390. The molecule has 0 aliphatic rings. The van der Waals surface area contributed by atoms with E-state index < -0.39 is 0 Å². The van der Waals surface area contributed by atoms with Crippen LogP contribution in [-0.2, 0) is 9.59 Å². The molecule has 0 amide bonds. The Kier molecular flexibility index (Phi) is 4.29. The average molecular weight is 148 g/mol. The van der Waals surface area contributed by atoms with E-state index in [2.05, 4.69) is 0 Å². The van der Waals surface area contributed by atoms with E-state index in [1.54, 1.807) is 0 Å². The molecule has 4 N–H and O–H groups in total. The summed E-state index contributed by atoms with van der Waals surface area (Å²) in [4.78, 5) is 20.7. The van der Waals surface area contributed by atoms with Crippen LogP contribution in [0.4, 0.5) is 0 Å². The summed E-state index contributed by atoms with van der Waals surface area (Å²) < 4.78 is 0. The van der Waals surface area contributed by atoms with Crippen LogP contribution in [0.5, 0.6) is 0 Å². The molecule has 9 heavy (non-hydrogen) atoms. The van der Waals surface area contributed by atoms with Crippen molar-refractivity contribution in [1.82, 2.24) is 0 Å². The maximum atomic E-state index is 10.3. The van der Waals surface area contributed by atoms with Gasteiger partial charge in [-0.25, -0.2) is 0 Å². The van der Waals surface area contributed by atoms with Crippen LogP contribution in [0.15, 0.2) is 0 Å². The first-order valence-electron chi connectivity index (χ1n) is 2.34. The van der Waals surface area contributed by atoms with Crippen LogP contribution < -0.4 is 11.5 Å². The van der Waals surface area contributed by atoms with Gasteiger partial charge in [0, 0.05) is 0 Å². The molecule has 0 saturated heterocycles. The van der Waals surface area contributed by atoms with Gasteiger partial charge in [0.15, 0.2) is 0 Å². The summed E-state index contributed by atoms with van der Waals surface area (Å²) in [7, 11) is 0. The van der Waals surface area contributed by atoms with Crippen molar-refractivity contribution < 1.29 is 9.59 Å². The smallest absolute Gasteiger partial charge is 0.210 e. The van der Waals surface area contributed by atoms with Gasteiger partial charge in [-0.3, -0.25) is 9.59 Å². The molecule has 0 bridgehead atoms. The lowest BCUT2D eigenvalue weighted by atomic mass is 10.8. The summed E-state index contributed by atoms with van der Waals surface area (Å²) >= 11 is 0.572. The largest absolute Gasteiger partial charge is 0.323 e. The van der Waals surface area contributed by atoms with Crippen LogP contribution in [0.25, 0.3) is 0 Å². The Bertz CT molecular complexity index is 112. The second-order valence-electron chi connectivity index (χ2n) is 1.25. The molecule has 5 heteroatoms. The topological polar surface area (TPSA) is 86.2 Å². The van der Waals surface area contributed by atoms with E-state index in [0.29, 0.717) is 11.8 Å². The zero-order chi connectivity index (χ0) is 7.28. The van der Waals surface area contributed by atoms with Gasteiger partial charge in [0.1, 0.15) is 0 Å². The molecule has 0 fully saturated rings. The van der Waals surface area contributed by atoms with Crippen molar-refractivity contribution in [2.75, 3.05) is 13.1 Å². The Balaban J connectivity index is 3.47. The van der Waals surface area contributed by atoms with Gasteiger partial charge in [0.2, 0.25) is 10.2 Å². The Morgan fingerprint density at radius 2 is 1.44 bits per heavy atom. The minimum atomic E-state index is -0.342. The minimum Gasteiger partial charge on any atom is -0.323 e. The number of rotatable bonds is 2. The van der Waals surface area contributed by atoms with E-state index in [0.717, 1.165) is 0 Å². The third kappa shape index (κ3) is 4.14. The lowest BCUT2D eigenvalue weighted by Gasteiger charge is -1.90. The summed E-state index contributed by atoms with van der Waals surface area (Å²) in [5.74, 6) is 0. The molecule has 0 aliphatic heterocycles. The van der Waals surface area contributed by atoms with Crippen molar-refractivity contribution in [2.24, 2.45) is 11.5 Å². The minimum absolute atomic E-state index is 0.115. The van der Waals surface area contributed by atoms with Crippen LogP contribution in [0, 0.1) is 0 Å². The van der Waals surface area contributed by atoms with Crippen LogP contribution >= 0.6 is 11.8 Å². The van der Waals surface area contributed by atoms with Crippen molar-refractivity contribution in [3.63, 3.8) is 0 Å².